The van der Waals surface area contributed by atoms with Crippen LogP contribution < -0.4 is 5.32 Å². The van der Waals surface area contributed by atoms with Crippen molar-refractivity contribution in [1.29, 1.82) is 0 Å². The van der Waals surface area contributed by atoms with Crippen LogP contribution in [0, 0.1) is 0 Å². The second kappa shape index (κ2) is 4.22. The van der Waals surface area contributed by atoms with Gasteiger partial charge < -0.3 is 9.73 Å². The first kappa shape index (κ1) is 10.4. The van der Waals surface area contributed by atoms with Crippen molar-refractivity contribution in [2.24, 2.45) is 0 Å². The van der Waals surface area contributed by atoms with Crippen molar-refractivity contribution < 1.29 is 4.42 Å². The minimum absolute atomic E-state index is 0.334. The van der Waals surface area contributed by atoms with Crippen molar-refractivity contribution in [3.05, 3.63) is 24.2 Å². The molecule has 1 aromatic rings. The summed E-state index contributed by atoms with van der Waals surface area (Å²) in [6.07, 6.45) is 5.78. The predicted octanol–water partition coefficient (Wildman–Crippen LogP) is 2.17. The minimum atomic E-state index is 0.334. The van der Waals surface area contributed by atoms with Crippen LogP contribution >= 0.6 is 0 Å². The maximum atomic E-state index is 5.44. The van der Waals surface area contributed by atoms with Crippen LogP contribution in [0.1, 0.15) is 38.0 Å². The molecule has 3 unspecified atom stereocenters. The summed E-state index contributed by atoms with van der Waals surface area (Å²) in [6.45, 7) is 4.77. The molecule has 2 fully saturated rings. The Bertz CT molecular complexity index is 336. The normalized spacial score (nSPS) is 31.8. The third-order valence-corrected chi connectivity index (χ3v) is 4.04. The quantitative estimate of drug-likeness (QED) is 0.846. The Morgan fingerprint density at radius 1 is 1.44 bits per heavy atom. The van der Waals surface area contributed by atoms with Gasteiger partial charge in [0.2, 0.25) is 0 Å². The number of nitrogens with one attached hydrogen (secondary N) is 1. The molecule has 0 spiro atoms. The molecule has 0 bridgehead atoms. The number of hydrogen-bond donors (Lipinski definition) is 1. The van der Waals surface area contributed by atoms with E-state index in [1.807, 2.05) is 6.07 Å². The largest absolute Gasteiger partial charge is 0.468 e. The Labute approximate surface area is 96.8 Å². The molecule has 3 heteroatoms. The highest BCUT2D eigenvalue weighted by Gasteiger charge is 2.37. The second-order valence-electron chi connectivity index (χ2n) is 5.04. The highest BCUT2D eigenvalue weighted by atomic mass is 16.3. The fraction of sp³-hybridized carbons (Fsp3) is 0.692. The van der Waals surface area contributed by atoms with Crippen molar-refractivity contribution in [1.82, 2.24) is 10.2 Å². The molecule has 1 N–H and O–H groups in total. The lowest BCUT2D eigenvalue weighted by Gasteiger charge is -2.24. The smallest absolute Gasteiger partial charge is 0.120 e. The van der Waals surface area contributed by atoms with E-state index in [4.69, 9.17) is 4.42 Å². The third kappa shape index (κ3) is 1.78. The van der Waals surface area contributed by atoms with Gasteiger partial charge >= 0.3 is 0 Å². The van der Waals surface area contributed by atoms with Gasteiger partial charge in [-0.3, -0.25) is 4.90 Å². The second-order valence-corrected chi connectivity index (χ2v) is 5.04. The van der Waals surface area contributed by atoms with Crippen molar-refractivity contribution in [3.63, 3.8) is 0 Å². The molecular weight excluding hydrogens is 200 g/mol. The number of hydrogen-bond acceptors (Lipinski definition) is 3. The molecule has 0 radical (unpaired) electrons. The first-order chi connectivity index (χ1) is 7.84. The summed E-state index contributed by atoms with van der Waals surface area (Å²) in [5.74, 6) is 1.05. The summed E-state index contributed by atoms with van der Waals surface area (Å²) in [7, 11) is 0. The van der Waals surface area contributed by atoms with Crippen LogP contribution in [0.2, 0.25) is 0 Å². The SMILES string of the molecule is CC(NC1CCN2CCCC12)c1ccco1. The Morgan fingerprint density at radius 3 is 3.19 bits per heavy atom. The van der Waals surface area contributed by atoms with Gasteiger partial charge in [-0.2, -0.15) is 0 Å². The lowest BCUT2D eigenvalue weighted by molar-refractivity contribution is 0.284. The van der Waals surface area contributed by atoms with Crippen LogP contribution in [0.3, 0.4) is 0 Å². The zero-order valence-corrected chi connectivity index (χ0v) is 9.86. The van der Waals surface area contributed by atoms with E-state index in [1.54, 1.807) is 6.26 Å². The molecule has 0 aliphatic carbocycles. The maximum Gasteiger partial charge on any atom is 0.120 e. The maximum absolute atomic E-state index is 5.44. The Kier molecular flexibility index (Phi) is 2.74. The van der Waals surface area contributed by atoms with Gasteiger partial charge in [0, 0.05) is 18.6 Å². The molecule has 3 atom stereocenters. The third-order valence-electron chi connectivity index (χ3n) is 4.04. The van der Waals surface area contributed by atoms with Crippen LogP contribution in [0.25, 0.3) is 0 Å². The number of fused-ring (bicyclic) bond motifs is 1. The standard InChI is InChI=1S/C13H20N2O/c1-10(13-5-3-9-16-13)14-11-6-8-15-7-2-4-12(11)15/h3,5,9-12,14H,2,4,6-8H2,1H3. The molecular formula is C13H20N2O. The molecule has 1 aromatic heterocycles. The molecule has 3 rings (SSSR count). The minimum Gasteiger partial charge on any atom is -0.468 e. The summed E-state index contributed by atoms with van der Waals surface area (Å²) >= 11 is 0. The van der Waals surface area contributed by atoms with Crippen LogP contribution in [-0.2, 0) is 0 Å². The van der Waals surface area contributed by atoms with E-state index in [2.05, 4.69) is 23.2 Å². The molecule has 0 saturated carbocycles. The van der Waals surface area contributed by atoms with Gasteiger partial charge in [-0.05, 0) is 44.9 Å². The molecule has 16 heavy (non-hydrogen) atoms. The Balaban J connectivity index is 1.62. The van der Waals surface area contributed by atoms with E-state index in [0.29, 0.717) is 12.1 Å². The van der Waals surface area contributed by atoms with Crippen LogP contribution in [0.5, 0.6) is 0 Å². The van der Waals surface area contributed by atoms with E-state index in [9.17, 15) is 0 Å². The van der Waals surface area contributed by atoms with Crippen molar-refractivity contribution in [2.45, 2.75) is 44.3 Å². The van der Waals surface area contributed by atoms with Gasteiger partial charge in [-0.1, -0.05) is 0 Å². The monoisotopic (exact) mass is 220 g/mol. The Hall–Kier alpha value is -0.800. The average Bonchev–Trinajstić information content (AvgIpc) is 2.94. The fourth-order valence-electron chi connectivity index (χ4n) is 3.22. The summed E-state index contributed by atoms with van der Waals surface area (Å²) in [4.78, 5) is 2.63. The molecule has 3 nitrogen and oxygen atoms in total. The van der Waals surface area contributed by atoms with E-state index >= 15 is 0 Å². The summed E-state index contributed by atoms with van der Waals surface area (Å²) < 4.78 is 5.44. The number of rotatable bonds is 3. The van der Waals surface area contributed by atoms with Crippen LogP contribution in [0.4, 0.5) is 0 Å². The predicted molar refractivity (Wildman–Crippen MR) is 63.3 cm³/mol. The van der Waals surface area contributed by atoms with Gasteiger partial charge in [-0.15, -0.1) is 0 Å². The van der Waals surface area contributed by atoms with Gasteiger partial charge in [0.05, 0.1) is 12.3 Å². The lowest BCUT2D eigenvalue weighted by Crippen LogP contribution is -2.40. The van der Waals surface area contributed by atoms with E-state index < -0.39 is 0 Å². The zero-order chi connectivity index (χ0) is 11.0. The molecule has 0 amide bonds. The fourth-order valence-corrected chi connectivity index (χ4v) is 3.22. The number of nitrogens with zero attached hydrogens (tertiary/aromatic N) is 1. The van der Waals surface area contributed by atoms with Crippen molar-refractivity contribution in [2.75, 3.05) is 13.1 Å². The van der Waals surface area contributed by atoms with Crippen molar-refractivity contribution >= 4 is 0 Å². The molecule has 0 aromatic carbocycles. The zero-order valence-electron chi connectivity index (χ0n) is 9.86. The van der Waals surface area contributed by atoms with Crippen LogP contribution in [0.15, 0.2) is 22.8 Å². The van der Waals surface area contributed by atoms with Gasteiger partial charge in [0.1, 0.15) is 5.76 Å². The Morgan fingerprint density at radius 2 is 2.38 bits per heavy atom. The average molecular weight is 220 g/mol. The lowest BCUT2D eigenvalue weighted by atomic mass is 10.1. The highest BCUT2D eigenvalue weighted by molar-refractivity contribution is 5.05. The molecule has 88 valence electrons. The summed E-state index contributed by atoms with van der Waals surface area (Å²) in [6, 6.07) is 5.78. The first-order valence-electron chi connectivity index (χ1n) is 6.38. The molecule has 2 aliphatic heterocycles. The topological polar surface area (TPSA) is 28.4 Å². The molecule has 2 saturated heterocycles. The van der Waals surface area contributed by atoms with Gasteiger partial charge in [0.25, 0.3) is 0 Å². The first-order valence-corrected chi connectivity index (χ1v) is 6.38. The summed E-state index contributed by atoms with van der Waals surface area (Å²) in [5, 5.41) is 3.72. The summed E-state index contributed by atoms with van der Waals surface area (Å²) in [5.41, 5.74) is 0. The van der Waals surface area contributed by atoms with Crippen molar-refractivity contribution in [3.8, 4) is 0 Å². The highest BCUT2D eigenvalue weighted by Crippen LogP contribution is 2.29. The molecule has 2 aliphatic rings. The van der Waals surface area contributed by atoms with E-state index in [1.165, 1.54) is 32.4 Å². The van der Waals surface area contributed by atoms with Gasteiger partial charge in [0.15, 0.2) is 0 Å². The van der Waals surface area contributed by atoms with Gasteiger partial charge in [-0.25, -0.2) is 0 Å². The van der Waals surface area contributed by atoms with Crippen LogP contribution in [-0.4, -0.2) is 30.1 Å². The van der Waals surface area contributed by atoms with E-state index in [0.717, 1.165) is 11.8 Å². The molecule has 3 heterocycles. The van der Waals surface area contributed by atoms with E-state index in [-0.39, 0.29) is 0 Å². The number of furan rings is 1.